The molecule has 0 bridgehead atoms. The van der Waals surface area contributed by atoms with Gasteiger partial charge in [0.05, 0.1) is 21.6 Å². The number of aliphatic hydroxyl groups is 2. The first kappa shape index (κ1) is 15.0. The van der Waals surface area contributed by atoms with Crippen molar-refractivity contribution in [3.63, 3.8) is 0 Å². The third-order valence-electron chi connectivity index (χ3n) is 2.88. The monoisotopic (exact) mass is 370 g/mol. The zero-order valence-electron chi connectivity index (χ0n) is 9.62. The zero-order valence-corrected chi connectivity index (χ0v) is 12.8. The molecule has 0 aromatic heterocycles. The maximum absolute atomic E-state index is 12.4. The van der Waals surface area contributed by atoms with Gasteiger partial charge in [-0.3, -0.25) is 0 Å². The van der Waals surface area contributed by atoms with Gasteiger partial charge in [0.15, 0.2) is 0 Å². The molecule has 1 heterocycles. The van der Waals surface area contributed by atoms with Gasteiger partial charge in [0.25, 0.3) is 0 Å². The van der Waals surface area contributed by atoms with E-state index < -0.39 is 22.2 Å². The lowest BCUT2D eigenvalue weighted by atomic mass is 10.3. The van der Waals surface area contributed by atoms with Crippen molar-refractivity contribution in [2.75, 3.05) is 18.8 Å². The van der Waals surface area contributed by atoms with Crippen molar-refractivity contribution < 1.29 is 18.6 Å². The van der Waals surface area contributed by atoms with Crippen molar-refractivity contribution in [3.8, 4) is 0 Å². The van der Waals surface area contributed by atoms with Crippen molar-refractivity contribution in [1.82, 2.24) is 4.31 Å². The number of nitrogens with zero attached hydrogens (tertiary/aromatic N) is 1. The molecule has 1 aromatic rings. The Morgan fingerprint density at radius 3 is 2.37 bits per heavy atom. The van der Waals surface area contributed by atoms with Gasteiger partial charge in [-0.05, 0) is 28.1 Å². The van der Waals surface area contributed by atoms with E-state index in [9.17, 15) is 18.6 Å². The molecule has 0 amide bonds. The van der Waals surface area contributed by atoms with Gasteiger partial charge >= 0.3 is 0 Å². The highest BCUT2D eigenvalue weighted by Gasteiger charge is 2.38. The van der Waals surface area contributed by atoms with Crippen molar-refractivity contribution in [1.29, 1.82) is 0 Å². The van der Waals surface area contributed by atoms with E-state index in [4.69, 9.17) is 17.3 Å². The van der Waals surface area contributed by atoms with E-state index in [1.165, 1.54) is 12.1 Å². The predicted octanol–water partition coefficient (Wildman–Crippen LogP) is 0.411. The molecule has 9 heteroatoms. The van der Waals surface area contributed by atoms with Crippen LogP contribution in [0, 0.1) is 0 Å². The van der Waals surface area contributed by atoms with E-state index in [2.05, 4.69) is 15.9 Å². The summed E-state index contributed by atoms with van der Waals surface area (Å²) in [4.78, 5) is -0.0844. The lowest BCUT2D eigenvalue weighted by molar-refractivity contribution is 0.0572. The fraction of sp³-hybridized carbons (Fsp3) is 0.400. The predicted molar refractivity (Wildman–Crippen MR) is 74.3 cm³/mol. The summed E-state index contributed by atoms with van der Waals surface area (Å²) >= 11 is 8.92. The number of hydrogen-bond donors (Lipinski definition) is 3. The minimum absolute atomic E-state index is 0.0844. The molecule has 0 radical (unpaired) electrons. The van der Waals surface area contributed by atoms with Crippen LogP contribution in [0.4, 0.5) is 5.69 Å². The Bertz CT molecular complexity index is 600. The molecular formula is C10H12BrClN2O4S. The van der Waals surface area contributed by atoms with E-state index in [0.29, 0.717) is 0 Å². The van der Waals surface area contributed by atoms with Gasteiger partial charge in [-0.25, -0.2) is 8.42 Å². The number of rotatable bonds is 2. The first-order valence-electron chi connectivity index (χ1n) is 5.34. The molecule has 1 fully saturated rings. The molecule has 4 N–H and O–H groups in total. The Balaban J connectivity index is 2.46. The van der Waals surface area contributed by atoms with Crippen LogP contribution < -0.4 is 5.73 Å². The number of anilines is 1. The normalized spacial score (nSPS) is 24.8. The van der Waals surface area contributed by atoms with Crippen LogP contribution in [0.5, 0.6) is 0 Å². The molecule has 0 unspecified atom stereocenters. The van der Waals surface area contributed by atoms with Gasteiger partial charge in [0, 0.05) is 23.8 Å². The fourth-order valence-electron chi connectivity index (χ4n) is 1.84. The van der Waals surface area contributed by atoms with Gasteiger partial charge in [-0.2, -0.15) is 4.31 Å². The molecule has 19 heavy (non-hydrogen) atoms. The minimum atomic E-state index is -3.88. The molecule has 1 saturated heterocycles. The van der Waals surface area contributed by atoms with Crippen molar-refractivity contribution in [2.24, 2.45) is 0 Å². The molecule has 2 rings (SSSR count). The van der Waals surface area contributed by atoms with Gasteiger partial charge in [-0.15, -0.1) is 0 Å². The van der Waals surface area contributed by atoms with E-state index in [1.807, 2.05) is 0 Å². The van der Waals surface area contributed by atoms with Gasteiger partial charge in [-0.1, -0.05) is 11.6 Å². The fourth-order valence-corrected chi connectivity index (χ4v) is 4.57. The number of nitrogens with two attached hydrogens (primary N) is 1. The number of hydrogen-bond acceptors (Lipinski definition) is 5. The maximum atomic E-state index is 12.4. The van der Waals surface area contributed by atoms with Gasteiger partial charge in [0.1, 0.15) is 0 Å². The third kappa shape index (κ3) is 2.74. The molecule has 0 saturated carbocycles. The van der Waals surface area contributed by atoms with Gasteiger partial charge in [0.2, 0.25) is 10.0 Å². The van der Waals surface area contributed by atoms with E-state index in [1.54, 1.807) is 0 Å². The average Bonchev–Trinajstić information content (AvgIpc) is 2.65. The Morgan fingerprint density at radius 1 is 1.32 bits per heavy atom. The second kappa shape index (κ2) is 5.19. The van der Waals surface area contributed by atoms with Crippen LogP contribution >= 0.6 is 27.5 Å². The van der Waals surface area contributed by atoms with Crippen LogP contribution in [0.15, 0.2) is 21.5 Å². The second-order valence-corrected chi connectivity index (χ2v) is 7.40. The summed E-state index contributed by atoms with van der Waals surface area (Å²) in [5, 5.41) is 19.1. The molecule has 0 spiro atoms. The number of sulfonamides is 1. The van der Waals surface area contributed by atoms with E-state index in [-0.39, 0.29) is 33.2 Å². The molecule has 1 aromatic carbocycles. The number of nitrogen functional groups attached to an aromatic ring is 1. The highest BCUT2D eigenvalue weighted by Crippen LogP contribution is 2.34. The molecule has 1 aliphatic rings. The van der Waals surface area contributed by atoms with Crippen molar-refractivity contribution in [2.45, 2.75) is 17.1 Å². The Morgan fingerprint density at radius 2 is 1.84 bits per heavy atom. The number of benzene rings is 1. The third-order valence-corrected chi connectivity index (χ3v) is 6.10. The average molecular weight is 372 g/mol. The second-order valence-electron chi connectivity index (χ2n) is 4.26. The summed E-state index contributed by atoms with van der Waals surface area (Å²) in [6.45, 7) is -0.329. The summed E-state index contributed by atoms with van der Waals surface area (Å²) in [6.07, 6.45) is -2.19. The summed E-state index contributed by atoms with van der Waals surface area (Å²) in [5.74, 6) is 0. The minimum Gasteiger partial charge on any atom is -0.398 e. The largest absolute Gasteiger partial charge is 0.398 e. The smallest absolute Gasteiger partial charge is 0.244 e. The van der Waals surface area contributed by atoms with Crippen LogP contribution in [0.2, 0.25) is 5.02 Å². The highest BCUT2D eigenvalue weighted by atomic mass is 79.9. The van der Waals surface area contributed by atoms with Gasteiger partial charge < -0.3 is 15.9 Å². The lowest BCUT2D eigenvalue weighted by Crippen LogP contribution is -2.30. The van der Waals surface area contributed by atoms with E-state index in [0.717, 1.165) is 4.31 Å². The molecule has 6 nitrogen and oxygen atoms in total. The SMILES string of the molecule is Nc1cc(Cl)cc(S(=O)(=O)N2C[C@@H](O)[C@@H](O)C2)c1Br. The Hall–Kier alpha value is -0.380. The Labute approximate surface area is 124 Å². The van der Waals surface area contributed by atoms with Crippen LogP contribution in [0.1, 0.15) is 0 Å². The summed E-state index contributed by atoms with van der Waals surface area (Å²) in [7, 11) is -3.88. The van der Waals surface area contributed by atoms with Crippen LogP contribution in [-0.4, -0.2) is 48.2 Å². The molecular weight excluding hydrogens is 360 g/mol. The summed E-state index contributed by atoms with van der Waals surface area (Å²) in [5.41, 5.74) is 5.86. The van der Waals surface area contributed by atoms with E-state index >= 15 is 0 Å². The topological polar surface area (TPSA) is 104 Å². The number of β-amino-alcohol motifs (C(OH)–C–C–N with tert-alkyl or cyclic N) is 2. The standard InChI is InChI=1S/C10H12BrClN2O4S/c11-10-6(13)1-5(12)2-9(10)19(17,18)14-3-7(15)8(16)4-14/h1-2,7-8,15-16H,3-4,13H2/t7-,8+. The van der Waals surface area contributed by atoms with Crippen LogP contribution in [0.25, 0.3) is 0 Å². The maximum Gasteiger partial charge on any atom is 0.244 e. The summed E-state index contributed by atoms with van der Waals surface area (Å²) < 4.78 is 26.0. The highest BCUT2D eigenvalue weighted by molar-refractivity contribution is 9.10. The number of aliphatic hydroxyl groups excluding tert-OH is 2. The first-order valence-corrected chi connectivity index (χ1v) is 7.95. The van der Waals surface area contributed by atoms with Crippen LogP contribution in [-0.2, 0) is 10.0 Å². The Kier molecular flexibility index (Phi) is 4.10. The molecule has 1 aliphatic heterocycles. The molecule has 0 aliphatic carbocycles. The van der Waals surface area contributed by atoms with Crippen molar-refractivity contribution in [3.05, 3.63) is 21.6 Å². The zero-order chi connectivity index (χ0) is 14.4. The quantitative estimate of drug-likeness (QED) is 0.653. The first-order chi connectivity index (χ1) is 8.73. The molecule has 106 valence electrons. The summed E-state index contributed by atoms with van der Waals surface area (Å²) in [6, 6.07) is 2.70. The lowest BCUT2D eigenvalue weighted by Gasteiger charge is -2.17. The van der Waals surface area contributed by atoms with Crippen LogP contribution in [0.3, 0.4) is 0 Å². The van der Waals surface area contributed by atoms with Crippen molar-refractivity contribution >= 4 is 43.2 Å². The number of halogens is 2. The molecule has 2 atom stereocenters.